The second-order valence-electron chi connectivity index (χ2n) is 2.94. The van der Waals surface area contributed by atoms with E-state index in [0.717, 1.165) is 5.03 Å². The molecule has 0 saturated carbocycles. The summed E-state index contributed by atoms with van der Waals surface area (Å²) in [5.41, 5.74) is 0. The van der Waals surface area contributed by atoms with Crippen LogP contribution in [0.5, 0.6) is 0 Å². The molecule has 0 fully saturated rings. The van der Waals surface area contributed by atoms with Gasteiger partial charge >= 0.3 is 0 Å². The van der Waals surface area contributed by atoms with Gasteiger partial charge in [0.25, 0.3) is 0 Å². The highest BCUT2D eigenvalue weighted by Gasteiger charge is 2.03. The average molecular weight is 229 g/mol. The van der Waals surface area contributed by atoms with Gasteiger partial charge in [-0.2, -0.15) is 0 Å². The third kappa shape index (κ3) is 4.46. The summed E-state index contributed by atoms with van der Waals surface area (Å²) in [5, 5.41) is 13.3. The molecular weight excluding hydrogens is 214 g/mol. The number of hydrogen-bond acceptors (Lipinski definition) is 6. The van der Waals surface area contributed by atoms with E-state index in [-0.39, 0.29) is 0 Å². The normalized spacial score (nSPS) is 12.5. The monoisotopic (exact) mass is 229 g/mol. The van der Waals surface area contributed by atoms with E-state index in [0.29, 0.717) is 19.0 Å². The van der Waals surface area contributed by atoms with Crippen LogP contribution < -0.4 is 5.32 Å². The van der Waals surface area contributed by atoms with Gasteiger partial charge in [0.15, 0.2) is 0 Å². The Morgan fingerprint density at radius 3 is 3.07 bits per heavy atom. The minimum Gasteiger partial charge on any atom is -0.389 e. The zero-order valence-electron chi connectivity index (χ0n) is 8.80. The molecule has 15 heavy (non-hydrogen) atoms. The van der Waals surface area contributed by atoms with E-state index in [1.165, 1.54) is 6.33 Å². The number of nitrogens with one attached hydrogen (secondary N) is 1. The molecule has 1 heterocycles. The Hall–Kier alpha value is -0.850. The molecule has 0 radical (unpaired) electrons. The number of methoxy groups -OCH3 is 1. The predicted molar refractivity (Wildman–Crippen MR) is 60.2 cm³/mol. The van der Waals surface area contributed by atoms with E-state index < -0.39 is 6.10 Å². The van der Waals surface area contributed by atoms with Crippen molar-refractivity contribution in [3.63, 3.8) is 0 Å². The van der Waals surface area contributed by atoms with Crippen molar-refractivity contribution >= 4 is 17.6 Å². The fourth-order valence-electron chi connectivity index (χ4n) is 1.02. The molecule has 1 aromatic heterocycles. The number of aliphatic hydroxyl groups excluding tert-OH is 1. The van der Waals surface area contributed by atoms with Crippen LogP contribution >= 0.6 is 11.8 Å². The number of hydrogen-bond donors (Lipinski definition) is 2. The average Bonchev–Trinajstić information content (AvgIpc) is 2.27. The van der Waals surface area contributed by atoms with Gasteiger partial charge in [-0.05, 0) is 6.26 Å². The molecular formula is C9H15N3O2S. The number of anilines is 1. The molecule has 0 aromatic carbocycles. The molecule has 84 valence electrons. The second kappa shape index (κ2) is 6.60. The third-order valence-electron chi connectivity index (χ3n) is 1.73. The topological polar surface area (TPSA) is 67.3 Å². The van der Waals surface area contributed by atoms with Crippen LogP contribution in [0.2, 0.25) is 0 Å². The molecule has 1 unspecified atom stereocenters. The summed E-state index contributed by atoms with van der Waals surface area (Å²) in [5.74, 6) is 0.713. The minimum absolute atomic E-state index is 0.313. The van der Waals surface area contributed by atoms with Crippen LogP contribution in [0.25, 0.3) is 0 Å². The van der Waals surface area contributed by atoms with Gasteiger partial charge in [0.2, 0.25) is 0 Å². The number of thioether (sulfide) groups is 1. The fraction of sp³-hybridized carbons (Fsp3) is 0.556. The van der Waals surface area contributed by atoms with Gasteiger partial charge in [-0.3, -0.25) is 0 Å². The van der Waals surface area contributed by atoms with Crippen molar-refractivity contribution in [1.82, 2.24) is 9.97 Å². The zero-order chi connectivity index (χ0) is 11.1. The van der Waals surface area contributed by atoms with Crippen LogP contribution in [-0.2, 0) is 4.74 Å². The summed E-state index contributed by atoms with van der Waals surface area (Å²) in [7, 11) is 1.56. The van der Waals surface area contributed by atoms with Crippen LogP contribution in [0.1, 0.15) is 0 Å². The van der Waals surface area contributed by atoms with E-state index in [9.17, 15) is 5.11 Å². The van der Waals surface area contributed by atoms with Crippen molar-refractivity contribution in [2.75, 3.05) is 31.8 Å². The summed E-state index contributed by atoms with van der Waals surface area (Å²) in [6, 6.07) is 1.84. The Morgan fingerprint density at radius 2 is 2.40 bits per heavy atom. The number of nitrogens with zero attached hydrogens (tertiary/aromatic N) is 2. The Kier molecular flexibility index (Phi) is 5.38. The van der Waals surface area contributed by atoms with Gasteiger partial charge in [0.05, 0.1) is 12.7 Å². The standard InChI is InChI=1S/C9H15N3O2S/c1-14-5-7(13)4-10-8-3-9(15-2)12-6-11-8/h3,6-7,13H,4-5H2,1-2H3,(H,10,11,12). The lowest BCUT2D eigenvalue weighted by Gasteiger charge is -2.11. The largest absolute Gasteiger partial charge is 0.389 e. The number of aliphatic hydroxyl groups is 1. The molecule has 6 heteroatoms. The molecule has 0 saturated heterocycles. The molecule has 1 aromatic rings. The summed E-state index contributed by atoms with van der Waals surface area (Å²) in [6.07, 6.45) is 2.92. The van der Waals surface area contributed by atoms with Crippen LogP contribution in [0.4, 0.5) is 5.82 Å². The van der Waals surface area contributed by atoms with Gasteiger partial charge in [0.1, 0.15) is 17.2 Å². The Bertz CT molecular complexity index is 298. The first kappa shape index (κ1) is 12.2. The van der Waals surface area contributed by atoms with E-state index in [2.05, 4.69) is 15.3 Å². The maximum Gasteiger partial charge on any atom is 0.130 e. The van der Waals surface area contributed by atoms with Crippen LogP contribution in [0.15, 0.2) is 17.4 Å². The Balaban J connectivity index is 2.43. The molecule has 1 rings (SSSR count). The first-order valence-electron chi connectivity index (χ1n) is 4.53. The number of aromatic nitrogens is 2. The molecule has 0 amide bonds. The SMILES string of the molecule is COCC(O)CNc1cc(SC)ncn1. The summed E-state index contributed by atoms with van der Waals surface area (Å²) in [6.45, 7) is 0.728. The third-order valence-corrected chi connectivity index (χ3v) is 2.37. The Morgan fingerprint density at radius 1 is 1.60 bits per heavy atom. The zero-order valence-corrected chi connectivity index (χ0v) is 9.62. The minimum atomic E-state index is -0.525. The van der Waals surface area contributed by atoms with E-state index in [1.807, 2.05) is 12.3 Å². The second-order valence-corrected chi connectivity index (χ2v) is 3.76. The van der Waals surface area contributed by atoms with Crippen molar-refractivity contribution in [3.05, 3.63) is 12.4 Å². The van der Waals surface area contributed by atoms with E-state index in [4.69, 9.17) is 4.74 Å². The van der Waals surface area contributed by atoms with Gasteiger partial charge in [0, 0.05) is 19.7 Å². The fourth-order valence-corrected chi connectivity index (χ4v) is 1.40. The maximum absolute atomic E-state index is 9.40. The molecule has 0 aliphatic heterocycles. The van der Waals surface area contributed by atoms with Gasteiger partial charge in [-0.25, -0.2) is 9.97 Å². The highest BCUT2D eigenvalue weighted by molar-refractivity contribution is 7.98. The lowest BCUT2D eigenvalue weighted by atomic mass is 10.4. The molecule has 2 N–H and O–H groups in total. The molecule has 1 atom stereocenters. The summed E-state index contributed by atoms with van der Waals surface area (Å²) in [4.78, 5) is 8.08. The van der Waals surface area contributed by atoms with Crippen LogP contribution in [0, 0.1) is 0 Å². The van der Waals surface area contributed by atoms with E-state index in [1.54, 1.807) is 18.9 Å². The Labute approximate surface area is 93.3 Å². The molecule has 0 aliphatic carbocycles. The van der Waals surface area contributed by atoms with Crippen molar-refractivity contribution in [1.29, 1.82) is 0 Å². The molecule has 0 spiro atoms. The van der Waals surface area contributed by atoms with Crippen molar-refractivity contribution in [2.24, 2.45) is 0 Å². The van der Waals surface area contributed by atoms with Crippen LogP contribution in [0.3, 0.4) is 0 Å². The first-order chi connectivity index (χ1) is 7.26. The number of ether oxygens (including phenoxy) is 1. The van der Waals surface area contributed by atoms with E-state index >= 15 is 0 Å². The lowest BCUT2D eigenvalue weighted by molar-refractivity contribution is 0.0727. The molecule has 0 aliphatic rings. The van der Waals surface area contributed by atoms with Gasteiger partial charge < -0.3 is 15.2 Å². The summed E-state index contributed by atoms with van der Waals surface area (Å²) < 4.78 is 4.81. The first-order valence-corrected chi connectivity index (χ1v) is 5.75. The highest BCUT2D eigenvalue weighted by Crippen LogP contribution is 2.13. The van der Waals surface area contributed by atoms with Crippen molar-refractivity contribution in [3.8, 4) is 0 Å². The van der Waals surface area contributed by atoms with Gasteiger partial charge in [-0.1, -0.05) is 0 Å². The highest BCUT2D eigenvalue weighted by atomic mass is 32.2. The number of rotatable bonds is 6. The molecule has 0 bridgehead atoms. The van der Waals surface area contributed by atoms with Crippen molar-refractivity contribution < 1.29 is 9.84 Å². The lowest BCUT2D eigenvalue weighted by Crippen LogP contribution is -2.24. The smallest absolute Gasteiger partial charge is 0.130 e. The van der Waals surface area contributed by atoms with Gasteiger partial charge in [-0.15, -0.1) is 11.8 Å². The molecule has 5 nitrogen and oxygen atoms in total. The van der Waals surface area contributed by atoms with Crippen LogP contribution in [-0.4, -0.2) is 47.7 Å². The summed E-state index contributed by atoms with van der Waals surface area (Å²) >= 11 is 1.55. The maximum atomic E-state index is 9.40. The quantitative estimate of drug-likeness (QED) is 0.550. The predicted octanol–water partition coefficient (Wildman–Crippen LogP) is 0.618. The van der Waals surface area contributed by atoms with Crippen molar-refractivity contribution in [2.45, 2.75) is 11.1 Å².